The molecule has 2 aliphatic rings. The molecule has 5 nitrogen and oxygen atoms in total. The summed E-state index contributed by atoms with van der Waals surface area (Å²) in [6.07, 6.45) is 3.90. The van der Waals surface area contributed by atoms with E-state index in [4.69, 9.17) is 0 Å². The topological polar surface area (TPSA) is 43.9 Å². The van der Waals surface area contributed by atoms with Crippen LogP contribution >= 0.6 is 0 Å². The Bertz CT molecular complexity index is 689. The summed E-state index contributed by atoms with van der Waals surface area (Å²) in [6.45, 7) is 12.3. The Labute approximate surface area is 158 Å². The van der Waals surface area contributed by atoms with Crippen molar-refractivity contribution in [2.75, 3.05) is 57.0 Å². The van der Waals surface area contributed by atoms with Crippen LogP contribution in [0.25, 0.3) is 0 Å². The zero-order valence-corrected chi connectivity index (χ0v) is 17.2. The molecule has 0 N–H and O–H groups in total. The van der Waals surface area contributed by atoms with E-state index >= 15 is 0 Å². The number of hydrogen-bond donors (Lipinski definition) is 0. The summed E-state index contributed by atoms with van der Waals surface area (Å²) in [5, 5.41) is 0. The van der Waals surface area contributed by atoms with Crippen LogP contribution in [-0.4, -0.2) is 76.3 Å². The van der Waals surface area contributed by atoms with Gasteiger partial charge in [-0.15, -0.1) is 0 Å². The van der Waals surface area contributed by atoms with Crippen LogP contribution in [0, 0.1) is 5.92 Å². The minimum absolute atomic E-state index is 0.411. The average Bonchev–Trinajstić information content (AvgIpc) is 2.62. The van der Waals surface area contributed by atoms with Crippen LogP contribution in [0.4, 0.5) is 5.69 Å². The monoisotopic (exact) mass is 379 g/mol. The third-order valence-electron chi connectivity index (χ3n) is 5.88. The predicted octanol–water partition coefficient (Wildman–Crippen LogP) is 2.33. The molecule has 146 valence electrons. The lowest BCUT2D eigenvalue weighted by molar-refractivity contribution is 0.119. The van der Waals surface area contributed by atoms with E-state index in [9.17, 15) is 8.42 Å². The van der Waals surface area contributed by atoms with Crippen LogP contribution in [0.1, 0.15) is 26.7 Å². The Morgan fingerprint density at radius 1 is 1.04 bits per heavy atom. The van der Waals surface area contributed by atoms with Gasteiger partial charge in [0.25, 0.3) is 0 Å². The van der Waals surface area contributed by atoms with Gasteiger partial charge in [-0.3, -0.25) is 4.90 Å². The highest BCUT2D eigenvalue weighted by atomic mass is 32.2. The zero-order valence-electron chi connectivity index (χ0n) is 16.4. The number of sulfone groups is 1. The first-order valence-corrected chi connectivity index (χ1v) is 11.7. The molecular weight excluding hydrogens is 346 g/mol. The number of rotatable bonds is 5. The van der Waals surface area contributed by atoms with Crippen LogP contribution < -0.4 is 4.90 Å². The molecule has 2 aliphatic heterocycles. The molecule has 0 bridgehead atoms. The van der Waals surface area contributed by atoms with E-state index in [1.807, 2.05) is 18.2 Å². The lowest BCUT2D eigenvalue weighted by atomic mass is 9.95. The summed E-state index contributed by atoms with van der Waals surface area (Å²) in [7, 11) is -3.15. The molecule has 0 aliphatic carbocycles. The molecule has 1 aromatic rings. The molecule has 6 heteroatoms. The standard InChI is InChI=1S/C20H33N3O2S/c1-17(2)22-9-7-18(8-10-22)16-21-11-13-23(14-12-21)19-5-4-6-20(15-19)26(3,24)25/h4-6,15,17-18H,7-14,16H2,1-3H3. The van der Waals surface area contributed by atoms with E-state index < -0.39 is 9.84 Å². The van der Waals surface area contributed by atoms with Gasteiger partial charge in [0.05, 0.1) is 4.90 Å². The SMILES string of the molecule is CC(C)N1CCC(CN2CCN(c3cccc(S(C)(=O)=O)c3)CC2)CC1. The Morgan fingerprint density at radius 2 is 1.69 bits per heavy atom. The molecular formula is C20H33N3O2S. The Morgan fingerprint density at radius 3 is 2.27 bits per heavy atom. The third kappa shape index (κ3) is 4.99. The van der Waals surface area contributed by atoms with Crippen molar-refractivity contribution in [2.45, 2.75) is 37.6 Å². The van der Waals surface area contributed by atoms with Crippen molar-refractivity contribution in [1.29, 1.82) is 0 Å². The molecule has 0 aromatic heterocycles. The maximum atomic E-state index is 11.8. The fourth-order valence-corrected chi connectivity index (χ4v) is 4.78. The summed E-state index contributed by atoms with van der Waals surface area (Å²) < 4.78 is 23.6. The zero-order chi connectivity index (χ0) is 18.7. The van der Waals surface area contributed by atoms with Gasteiger partial charge in [0, 0.05) is 50.7 Å². The van der Waals surface area contributed by atoms with Gasteiger partial charge in [-0.05, 0) is 63.9 Å². The minimum atomic E-state index is -3.15. The van der Waals surface area contributed by atoms with E-state index in [2.05, 4.69) is 28.5 Å². The Kier molecular flexibility index (Phi) is 6.25. The van der Waals surface area contributed by atoms with Crippen LogP contribution in [0.3, 0.4) is 0 Å². The number of anilines is 1. The molecule has 0 saturated carbocycles. The van der Waals surface area contributed by atoms with Crippen molar-refractivity contribution < 1.29 is 8.42 Å². The molecule has 0 atom stereocenters. The lowest BCUT2D eigenvalue weighted by Crippen LogP contribution is -2.49. The summed E-state index contributed by atoms with van der Waals surface area (Å²) >= 11 is 0. The molecule has 0 spiro atoms. The number of nitrogens with zero attached hydrogens (tertiary/aromatic N) is 3. The van der Waals surface area contributed by atoms with E-state index in [-0.39, 0.29) is 0 Å². The molecule has 2 fully saturated rings. The van der Waals surface area contributed by atoms with E-state index in [0.717, 1.165) is 37.8 Å². The number of hydrogen-bond acceptors (Lipinski definition) is 5. The fourth-order valence-electron chi connectivity index (χ4n) is 4.12. The van der Waals surface area contributed by atoms with Gasteiger partial charge >= 0.3 is 0 Å². The van der Waals surface area contributed by atoms with Gasteiger partial charge < -0.3 is 9.80 Å². The summed E-state index contributed by atoms with van der Waals surface area (Å²) in [5.74, 6) is 0.824. The van der Waals surface area contributed by atoms with Crippen LogP contribution in [0.15, 0.2) is 29.2 Å². The molecule has 0 unspecified atom stereocenters. The first kappa shape index (κ1) is 19.6. The molecule has 26 heavy (non-hydrogen) atoms. The van der Waals surface area contributed by atoms with Gasteiger partial charge in [-0.2, -0.15) is 0 Å². The van der Waals surface area contributed by atoms with Crippen LogP contribution in [0.2, 0.25) is 0 Å². The van der Waals surface area contributed by atoms with Crippen molar-refractivity contribution in [3.8, 4) is 0 Å². The molecule has 2 saturated heterocycles. The lowest BCUT2D eigenvalue weighted by Gasteiger charge is -2.40. The number of piperazine rings is 1. The first-order valence-electron chi connectivity index (χ1n) is 9.84. The quantitative estimate of drug-likeness (QED) is 0.786. The van der Waals surface area contributed by atoms with Crippen LogP contribution in [0.5, 0.6) is 0 Å². The Hall–Kier alpha value is -1.11. The molecule has 1 aromatic carbocycles. The largest absolute Gasteiger partial charge is 0.369 e. The van der Waals surface area contributed by atoms with Crippen molar-refractivity contribution in [2.24, 2.45) is 5.92 Å². The normalized spacial score (nSPS) is 21.5. The molecule has 0 amide bonds. The van der Waals surface area contributed by atoms with Crippen molar-refractivity contribution >= 4 is 15.5 Å². The van der Waals surface area contributed by atoms with Crippen molar-refractivity contribution in [3.63, 3.8) is 0 Å². The minimum Gasteiger partial charge on any atom is -0.369 e. The van der Waals surface area contributed by atoms with Gasteiger partial charge in [0.2, 0.25) is 0 Å². The highest BCUT2D eigenvalue weighted by molar-refractivity contribution is 7.90. The van der Waals surface area contributed by atoms with E-state index in [1.54, 1.807) is 6.07 Å². The maximum absolute atomic E-state index is 11.8. The molecule has 3 rings (SSSR count). The fraction of sp³-hybridized carbons (Fsp3) is 0.700. The molecule has 0 radical (unpaired) electrons. The number of piperidine rings is 1. The second kappa shape index (κ2) is 8.28. The molecule has 2 heterocycles. The highest BCUT2D eigenvalue weighted by Crippen LogP contribution is 2.23. The van der Waals surface area contributed by atoms with Crippen molar-refractivity contribution in [3.05, 3.63) is 24.3 Å². The van der Waals surface area contributed by atoms with Gasteiger partial charge in [-0.25, -0.2) is 8.42 Å². The highest BCUT2D eigenvalue weighted by Gasteiger charge is 2.25. The summed E-state index contributed by atoms with van der Waals surface area (Å²) in [6, 6.07) is 8.03. The smallest absolute Gasteiger partial charge is 0.175 e. The third-order valence-corrected chi connectivity index (χ3v) is 6.99. The summed E-state index contributed by atoms with van der Waals surface area (Å²) in [5.41, 5.74) is 1.03. The first-order chi connectivity index (χ1) is 12.3. The number of likely N-dealkylation sites (tertiary alicyclic amines) is 1. The van der Waals surface area contributed by atoms with Crippen molar-refractivity contribution in [1.82, 2.24) is 9.80 Å². The van der Waals surface area contributed by atoms with E-state index in [1.165, 1.54) is 38.7 Å². The second-order valence-corrected chi connectivity index (χ2v) is 10.1. The summed E-state index contributed by atoms with van der Waals surface area (Å²) in [4.78, 5) is 7.90. The van der Waals surface area contributed by atoms with Gasteiger partial charge in [0.1, 0.15) is 0 Å². The van der Waals surface area contributed by atoms with Gasteiger partial charge in [-0.1, -0.05) is 6.07 Å². The Balaban J connectivity index is 1.49. The van der Waals surface area contributed by atoms with E-state index in [0.29, 0.717) is 10.9 Å². The predicted molar refractivity (Wildman–Crippen MR) is 108 cm³/mol. The maximum Gasteiger partial charge on any atom is 0.175 e. The second-order valence-electron chi connectivity index (χ2n) is 8.13. The number of benzene rings is 1. The average molecular weight is 380 g/mol. The van der Waals surface area contributed by atoms with Gasteiger partial charge in [0.15, 0.2) is 9.84 Å². The van der Waals surface area contributed by atoms with Crippen LogP contribution in [-0.2, 0) is 9.84 Å².